The van der Waals surface area contributed by atoms with Gasteiger partial charge >= 0.3 is 0 Å². The largest absolute Gasteiger partial charge is 0.355 e. The molecular weight excluding hydrogens is 288 g/mol. The number of fused-ring (bicyclic) bond motifs is 1. The molecule has 2 heterocycles. The molecule has 0 radical (unpaired) electrons. The number of pyridine rings is 1. The van der Waals surface area contributed by atoms with Gasteiger partial charge in [-0.1, -0.05) is 36.4 Å². The molecule has 106 valence electrons. The van der Waals surface area contributed by atoms with E-state index in [1.807, 2.05) is 30.5 Å². The molecule has 0 saturated carbocycles. The van der Waals surface area contributed by atoms with Crippen molar-refractivity contribution >= 4 is 33.6 Å². The molecule has 2 aromatic heterocycles. The molecule has 0 spiro atoms. The Balaban J connectivity index is 1.77. The van der Waals surface area contributed by atoms with Gasteiger partial charge in [0.15, 0.2) is 0 Å². The summed E-state index contributed by atoms with van der Waals surface area (Å²) < 4.78 is 0. The van der Waals surface area contributed by atoms with E-state index in [0.29, 0.717) is 0 Å². The summed E-state index contributed by atoms with van der Waals surface area (Å²) in [6, 6.07) is 22.9. The molecule has 0 fully saturated rings. The van der Waals surface area contributed by atoms with Crippen molar-refractivity contribution in [2.45, 2.75) is 0 Å². The molecule has 0 amide bonds. The van der Waals surface area contributed by atoms with Crippen molar-refractivity contribution in [2.75, 3.05) is 5.32 Å². The minimum Gasteiger partial charge on any atom is -0.355 e. The monoisotopic (exact) mass is 302 g/mol. The van der Waals surface area contributed by atoms with Crippen LogP contribution < -0.4 is 5.32 Å². The van der Waals surface area contributed by atoms with Crippen LogP contribution in [0.2, 0.25) is 0 Å². The lowest BCUT2D eigenvalue weighted by Crippen LogP contribution is -1.92. The van der Waals surface area contributed by atoms with E-state index < -0.39 is 0 Å². The van der Waals surface area contributed by atoms with E-state index in [1.165, 1.54) is 10.4 Å². The summed E-state index contributed by atoms with van der Waals surface area (Å²) in [7, 11) is 0. The van der Waals surface area contributed by atoms with Crippen LogP contribution in [0.1, 0.15) is 0 Å². The SMILES string of the molecule is c1ccc(Nc2ccnc3cc(-c4cccs4)ccc23)cc1. The van der Waals surface area contributed by atoms with Crippen LogP contribution in [-0.4, -0.2) is 4.98 Å². The van der Waals surface area contributed by atoms with E-state index in [-0.39, 0.29) is 0 Å². The van der Waals surface area contributed by atoms with Crippen LogP contribution in [0.3, 0.4) is 0 Å². The van der Waals surface area contributed by atoms with Gasteiger partial charge < -0.3 is 5.32 Å². The lowest BCUT2D eigenvalue weighted by molar-refractivity contribution is 1.40. The Morgan fingerprint density at radius 2 is 1.77 bits per heavy atom. The Hall–Kier alpha value is -2.65. The Morgan fingerprint density at radius 1 is 0.864 bits per heavy atom. The molecule has 2 aromatic carbocycles. The second-order valence-corrected chi connectivity index (χ2v) is 6.01. The summed E-state index contributed by atoms with van der Waals surface area (Å²) in [6.45, 7) is 0. The van der Waals surface area contributed by atoms with Crippen LogP contribution in [0.4, 0.5) is 11.4 Å². The van der Waals surface area contributed by atoms with E-state index in [0.717, 1.165) is 22.3 Å². The molecule has 0 atom stereocenters. The molecule has 2 nitrogen and oxygen atoms in total. The average molecular weight is 302 g/mol. The topological polar surface area (TPSA) is 24.9 Å². The minimum atomic E-state index is 1.01. The molecule has 3 heteroatoms. The molecule has 0 aliphatic rings. The summed E-state index contributed by atoms with van der Waals surface area (Å²) >= 11 is 1.75. The van der Waals surface area contributed by atoms with E-state index in [4.69, 9.17) is 0 Å². The first kappa shape index (κ1) is 13.0. The van der Waals surface area contributed by atoms with Gasteiger partial charge in [0.25, 0.3) is 0 Å². The van der Waals surface area contributed by atoms with Gasteiger partial charge in [-0.25, -0.2) is 0 Å². The quantitative estimate of drug-likeness (QED) is 0.524. The highest BCUT2D eigenvalue weighted by Gasteiger charge is 2.05. The number of aromatic nitrogens is 1. The van der Waals surface area contributed by atoms with Crippen LogP contribution in [0.5, 0.6) is 0 Å². The van der Waals surface area contributed by atoms with Gasteiger partial charge in [0, 0.05) is 27.8 Å². The van der Waals surface area contributed by atoms with Gasteiger partial charge in [-0.3, -0.25) is 4.98 Å². The fourth-order valence-corrected chi connectivity index (χ4v) is 3.25. The molecule has 0 unspecified atom stereocenters. The molecule has 0 aliphatic carbocycles. The van der Waals surface area contributed by atoms with Crippen molar-refractivity contribution in [1.82, 2.24) is 4.98 Å². The maximum atomic E-state index is 4.52. The van der Waals surface area contributed by atoms with Crippen molar-refractivity contribution < 1.29 is 0 Å². The zero-order valence-corrected chi connectivity index (χ0v) is 12.7. The fraction of sp³-hybridized carbons (Fsp3) is 0. The number of rotatable bonds is 3. The van der Waals surface area contributed by atoms with Gasteiger partial charge in [-0.15, -0.1) is 11.3 Å². The molecule has 4 aromatic rings. The first-order chi connectivity index (χ1) is 10.9. The van der Waals surface area contributed by atoms with Gasteiger partial charge in [0.2, 0.25) is 0 Å². The summed E-state index contributed by atoms with van der Waals surface area (Å²) in [5, 5.41) is 6.69. The number of para-hydroxylation sites is 1. The van der Waals surface area contributed by atoms with E-state index in [2.05, 4.69) is 58.1 Å². The van der Waals surface area contributed by atoms with Gasteiger partial charge in [0.1, 0.15) is 0 Å². The van der Waals surface area contributed by atoms with Crippen LogP contribution in [0.25, 0.3) is 21.3 Å². The molecule has 4 rings (SSSR count). The van der Waals surface area contributed by atoms with Gasteiger partial charge in [0.05, 0.1) is 5.52 Å². The lowest BCUT2D eigenvalue weighted by Gasteiger charge is -2.10. The molecule has 0 saturated heterocycles. The number of benzene rings is 2. The van der Waals surface area contributed by atoms with Crippen LogP contribution in [0, 0.1) is 0 Å². The first-order valence-corrected chi connectivity index (χ1v) is 8.03. The maximum absolute atomic E-state index is 4.52. The average Bonchev–Trinajstić information content (AvgIpc) is 3.10. The zero-order valence-electron chi connectivity index (χ0n) is 11.9. The third kappa shape index (κ3) is 2.47. The van der Waals surface area contributed by atoms with Crippen molar-refractivity contribution in [2.24, 2.45) is 0 Å². The van der Waals surface area contributed by atoms with Gasteiger partial charge in [-0.2, -0.15) is 0 Å². The predicted molar refractivity (Wildman–Crippen MR) is 94.8 cm³/mol. The highest BCUT2D eigenvalue weighted by Crippen LogP contribution is 2.30. The zero-order chi connectivity index (χ0) is 14.8. The predicted octanol–water partition coefficient (Wildman–Crippen LogP) is 5.71. The smallest absolute Gasteiger partial charge is 0.0729 e. The lowest BCUT2D eigenvalue weighted by atomic mass is 10.1. The van der Waals surface area contributed by atoms with Crippen LogP contribution >= 0.6 is 11.3 Å². The summed E-state index contributed by atoms with van der Waals surface area (Å²) in [5.41, 5.74) is 4.38. The van der Waals surface area contributed by atoms with Gasteiger partial charge in [-0.05, 0) is 41.3 Å². The Morgan fingerprint density at radius 3 is 2.59 bits per heavy atom. The first-order valence-electron chi connectivity index (χ1n) is 7.15. The van der Waals surface area contributed by atoms with Crippen molar-refractivity contribution in [1.29, 1.82) is 0 Å². The third-order valence-corrected chi connectivity index (χ3v) is 4.52. The van der Waals surface area contributed by atoms with E-state index in [1.54, 1.807) is 11.3 Å². The van der Waals surface area contributed by atoms with E-state index in [9.17, 15) is 0 Å². The summed E-state index contributed by atoms with van der Waals surface area (Å²) in [4.78, 5) is 5.79. The number of thiophene rings is 1. The Bertz CT molecular complexity index is 899. The minimum absolute atomic E-state index is 1.01. The number of hydrogen-bond donors (Lipinski definition) is 1. The van der Waals surface area contributed by atoms with Crippen LogP contribution in [-0.2, 0) is 0 Å². The third-order valence-electron chi connectivity index (χ3n) is 3.60. The van der Waals surface area contributed by atoms with Crippen molar-refractivity contribution in [3.8, 4) is 10.4 Å². The molecule has 0 bridgehead atoms. The number of hydrogen-bond acceptors (Lipinski definition) is 3. The number of nitrogens with zero attached hydrogens (tertiary/aromatic N) is 1. The Labute approximate surface area is 133 Å². The van der Waals surface area contributed by atoms with E-state index >= 15 is 0 Å². The highest BCUT2D eigenvalue weighted by atomic mass is 32.1. The normalized spacial score (nSPS) is 10.7. The second kappa shape index (κ2) is 5.62. The highest BCUT2D eigenvalue weighted by molar-refractivity contribution is 7.13. The van der Waals surface area contributed by atoms with Crippen molar-refractivity contribution in [3.05, 3.63) is 78.3 Å². The maximum Gasteiger partial charge on any atom is 0.0729 e. The van der Waals surface area contributed by atoms with Crippen LogP contribution in [0.15, 0.2) is 78.3 Å². The second-order valence-electron chi connectivity index (χ2n) is 5.06. The molecule has 22 heavy (non-hydrogen) atoms. The standard InChI is InChI=1S/C19H14N2S/c1-2-5-15(6-3-1)21-17-10-11-20-18-13-14(8-9-16(17)18)19-7-4-12-22-19/h1-13H,(H,20,21). The molecular formula is C19H14N2S. The summed E-state index contributed by atoms with van der Waals surface area (Å²) in [5.74, 6) is 0. The number of nitrogens with one attached hydrogen (secondary N) is 1. The van der Waals surface area contributed by atoms with Crippen molar-refractivity contribution in [3.63, 3.8) is 0 Å². The Kier molecular flexibility index (Phi) is 3.33. The fourth-order valence-electron chi connectivity index (χ4n) is 2.53. The number of anilines is 2. The molecule has 0 aliphatic heterocycles. The summed E-state index contributed by atoms with van der Waals surface area (Å²) in [6.07, 6.45) is 1.85. The molecule has 1 N–H and O–H groups in total.